The summed E-state index contributed by atoms with van der Waals surface area (Å²) in [5.41, 5.74) is 9.01. The molecule has 2 heterocycles. The van der Waals surface area contributed by atoms with Crippen molar-refractivity contribution in [2.75, 3.05) is 0 Å². The maximum absolute atomic E-state index is 6.92. The van der Waals surface area contributed by atoms with Crippen LogP contribution in [0.5, 0.6) is 23.0 Å². The Hall–Kier alpha value is -6.85. The van der Waals surface area contributed by atoms with Crippen LogP contribution in [0.15, 0.2) is 176 Å². The highest BCUT2D eigenvalue weighted by Crippen LogP contribution is 2.60. The van der Waals surface area contributed by atoms with Crippen LogP contribution in [0.2, 0.25) is 0 Å². The molecule has 7 aromatic carbocycles. The topological polar surface area (TPSA) is 57.1 Å². The van der Waals surface area contributed by atoms with E-state index in [2.05, 4.69) is 97.1 Å². The Morgan fingerprint density at radius 1 is 0.353 bits per heavy atom. The van der Waals surface area contributed by atoms with Gasteiger partial charge in [-0.1, -0.05) is 152 Å². The molecular formula is C46H29N3O2. The maximum atomic E-state index is 6.92. The fourth-order valence-electron chi connectivity index (χ4n) is 7.64. The quantitative estimate of drug-likeness (QED) is 0.185. The monoisotopic (exact) mass is 655 g/mol. The molecule has 0 N–H and O–H groups in total. The number of para-hydroxylation sites is 1. The molecule has 0 atom stereocenters. The van der Waals surface area contributed by atoms with E-state index in [4.69, 9.17) is 24.4 Å². The Morgan fingerprint density at radius 3 is 1.49 bits per heavy atom. The first kappa shape index (κ1) is 29.1. The van der Waals surface area contributed by atoms with Crippen molar-refractivity contribution < 1.29 is 9.47 Å². The Morgan fingerprint density at radius 2 is 0.863 bits per heavy atom. The standard InChI is InChI=1S/C46H29N3O2/c1-5-16-30(17-6-1)43-47-44(31-18-7-2-8-19-31)49-45(48-43)35-25-15-27-39-42(35)51-41-29-38-36(28-40(41)50-39)34-24-13-14-26-37(34)46(38,32-20-9-3-10-21-32)33-22-11-4-12-23-33/h1-29H. The van der Waals surface area contributed by atoms with Crippen molar-refractivity contribution >= 4 is 0 Å². The van der Waals surface area contributed by atoms with E-state index < -0.39 is 5.41 Å². The zero-order valence-corrected chi connectivity index (χ0v) is 27.4. The molecule has 0 fully saturated rings. The van der Waals surface area contributed by atoms with Crippen LogP contribution in [0, 0.1) is 0 Å². The van der Waals surface area contributed by atoms with Crippen LogP contribution in [-0.4, -0.2) is 15.0 Å². The number of ether oxygens (including phenoxy) is 2. The van der Waals surface area contributed by atoms with E-state index in [1.165, 1.54) is 22.3 Å². The first-order valence-electron chi connectivity index (χ1n) is 17.0. The van der Waals surface area contributed by atoms with Crippen LogP contribution in [0.4, 0.5) is 0 Å². The molecule has 5 heteroatoms. The van der Waals surface area contributed by atoms with Gasteiger partial charge in [0.25, 0.3) is 0 Å². The lowest BCUT2D eigenvalue weighted by Crippen LogP contribution is -2.28. The van der Waals surface area contributed by atoms with Crippen molar-refractivity contribution in [2.24, 2.45) is 0 Å². The molecule has 240 valence electrons. The number of fused-ring (bicyclic) bond motifs is 5. The van der Waals surface area contributed by atoms with Crippen LogP contribution in [0.3, 0.4) is 0 Å². The molecule has 10 rings (SSSR count). The van der Waals surface area contributed by atoms with E-state index in [1.807, 2.05) is 78.9 Å². The fourth-order valence-corrected chi connectivity index (χ4v) is 7.64. The first-order chi connectivity index (χ1) is 25.3. The minimum Gasteiger partial charge on any atom is -0.449 e. The van der Waals surface area contributed by atoms with E-state index in [0.29, 0.717) is 40.5 Å². The normalized spacial score (nSPS) is 13.2. The third kappa shape index (κ3) is 4.59. The summed E-state index contributed by atoms with van der Waals surface area (Å²) in [5.74, 6) is 4.14. The summed E-state index contributed by atoms with van der Waals surface area (Å²) in [7, 11) is 0. The summed E-state index contributed by atoms with van der Waals surface area (Å²) in [6, 6.07) is 60.3. The number of nitrogens with zero attached hydrogens (tertiary/aromatic N) is 3. The molecule has 0 spiro atoms. The summed E-state index contributed by atoms with van der Waals surface area (Å²) in [4.78, 5) is 14.9. The highest BCUT2D eigenvalue weighted by molar-refractivity contribution is 5.88. The van der Waals surface area contributed by atoms with Gasteiger partial charge in [0, 0.05) is 11.1 Å². The van der Waals surface area contributed by atoms with Crippen LogP contribution < -0.4 is 9.47 Å². The minimum absolute atomic E-state index is 0.503. The Labute approximate surface area is 295 Å². The molecule has 0 radical (unpaired) electrons. The molecule has 1 aliphatic carbocycles. The minimum atomic E-state index is -0.560. The van der Waals surface area contributed by atoms with Gasteiger partial charge in [-0.3, -0.25) is 0 Å². The summed E-state index contributed by atoms with van der Waals surface area (Å²) in [6.45, 7) is 0. The maximum Gasteiger partial charge on any atom is 0.181 e. The van der Waals surface area contributed by atoms with E-state index in [0.717, 1.165) is 27.8 Å². The largest absolute Gasteiger partial charge is 0.449 e. The predicted molar refractivity (Wildman–Crippen MR) is 200 cm³/mol. The second-order valence-corrected chi connectivity index (χ2v) is 12.7. The van der Waals surface area contributed by atoms with Gasteiger partial charge in [0.2, 0.25) is 0 Å². The summed E-state index contributed by atoms with van der Waals surface area (Å²) in [6.07, 6.45) is 0. The van der Waals surface area contributed by atoms with Crippen LogP contribution >= 0.6 is 0 Å². The van der Waals surface area contributed by atoms with E-state index in [1.54, 1.807) is 0 Å². The van der Waals surface area contributed by atoms with E-state index >= 15 is 0 Å². The molecule has 0 bridgehead atoms. The van der Waals surface area contributed by atoms with E-state index in [9.17, 15) is 0 Å². The van der Waals surface area contributed by atoms with Crippen LogP contribution in [-0.2, 0) is 5.41 Å². The molecule has 1 aliphatic heterocycles. The smallest absolute Gasteiger partial charge is 0.181 e. The van der Waals surface area contributed by atoms with Crippen molar-refractivity contribution in [2.45, 2.75) is 5.41 Å². The molecule has 0 amide bonds. The van der Waals surface area contributed by atoms with Gasteiger partial charge < -0.3 is 9.47 Å². The van der Waals surface area contributed by atoms with Crippen molar-refractivity contribution in [3.05, 3.63) is 198 Å². The molecule has 5 nitrogen and oxygen atoms in total. The molecular weight excluding hydrogens is 627 g/mol. The lowest BCUT2D eigenvalue weighted by Gasteiger charge is -2.34. The molecule has 0 saturated heterocycles. The third-order valence-electron chi connectivity index (χ3n) is 9.87. The van der Waals surface area contributed by atoms with Gasteiger partial charge in [-0.2, -0.15) is 0 Å². The average Bonchev–Trinajstić information content (AvgIpc) is 3.50. The Bertz CT molecular complexity index is 2480. The van der Waals surface area contributed by atoms with Gasteiger partial charge in [-0.15, -0.1) is 0 Å². The SMILES string of the molecule is c1ccc(-c2nc(-c3ccccc3)nc(-c3cccc4c3Oc3cc5c(cc3O4)-c3ccccc3C5(c3ccccc3)c3ccccc3)n2)cc1. The van der Waals surface area contributed by atoms with Crippen molar-refractivity contribution in [1.29, 1.82) is 0 Å². The highest BCUT2D eigenvalue weighted by Gasteiger charge is 2.47. The van der Waals surface area contributed by atoms with Crippen molar-refractivity contribution in [3.8, 4) is 68.3 Å². The predicted octanol–water partition coefficient (Wildman–Crippen LogP) is 11.1. The zero-order chi connectivity index (χ0) is 33.8. The molecule has 1 aromatic heterocycles. The summed E-state index contributed by atoms with van der Waals surface area (Å²) >= 11 is 0. The Balaban J connectivity index is 1.16. The second-order valence-electron chi connectivity index (χ2n) is 12.7. The van der Waals surface area contributed by atoms with E-state index in [-0.39, 0.29) is 0 Å². The Kier molecular flexibility index (Phi) is 6.64. The van der Waals surface area contributed by atoms with Crippen LogP contribution in [0.1, 0.15) is 22.3 Å². The van der Waals surface area contributed by atoms with Crippen LogP contribution in [0.25, 0.3) is 45.3 Å². The molecule has 0 unspecified atom stereocenters. The molecule has 8 aromatic rings. The van der Waals surface area contributed by atoms with Gasteiger partial charge in [0.05, 0.1) is 11.0 Å². The van der Waals surface area contributed by atoms with Gasteiger partial charge in [0.1, 0.15) is 0 Å². The third-order valence-corrected chi connectivity index (χ3v) is 9.87. The lowest BCUT2D eigenvalue weighted by molar-refractivity contribution is 0.360. The fraction of sp³-hybridized carbons (Fsp3) is 0.0217. The summed E-state index contributed by atoms with van der Waals surface area (Å²) in [5, 5.41) is 0. The molecule has 0 saturated carbocycles. The van der Waals surface area contributed by atoms with Crippen molar-refractivity contribution in [3.63, 3.8) is 0 Å². The lowest BCUT2D eigenvalue weighted by atomic mass is 9.67. The number of aromatic nitrogens is 3. The average molecular weight is 656 g/mol. The van der Waals surface area contributed by atoms with Gasteiger partial charge >= 0.3 is 0 Å². The van der Waals surface area contributed by atoms with Crippen molar-refractivity contribution in [1.82, 2.24) is 15.0 Å². The number of hydrogen-bond donors (Lipinski definition) is 0. The first-order valence-corrected chi connectivity index (χ1v) is 17.0. The zero-order valence-electron chi connectivity index (χ0n) is 27.4. The number of rotatable bonds is 5. The number of benzene rings is 7. The highest BCUT2D eigenvalue weighted by atomic mass is 16.6. The molecule has 2 aliphatic rings. The van der Waals surface area contributed by atoms with Gasteiger partial charge in [-0.25, -0.2) is 15.0 Å². The summed E-state index contributed by atoms with van der Waals surface area (Å²) < 4.78 is 13.6. The molecule has 51 heavy (non-hydrogen) atoms. The second kappa shape index (κ2) is 11.6. The number of hydrogen-bond acceptors (Lipinski definition) is 5. The van der Waals surface area contributed by atoms with Gasteiger partial charge in [-0.05, 0) is 57.6 Å². The van der Waals surface area contributed by atoms with Gasteiger partial charge in [0.15, 0.2) is 40.5 Å².